The van der Waals surface area contributed by atoms with E-state index in [1.54, 1.807) is 30.5 Å². The minimum Gasteiger partial charge on any atom is -0.238 e. The van der Waals surface area contributed by atoms with Gasteiger partial charge < -0.3 is 0 Å². The van der Waals surface area contributed by atoms with Crippen LogP contribution in [0, 0.1) is 11.7 Å². The number of hydrogen-bond acceptors (Lipinski definition) is 3. The van der Waals surface area contributed by atoms with Crippen LogP contribution >= 0.6 is 0 Å². The molecule has 0 aliphatic heterocycles. The third-order valence-corrected chi connectivity index (χ3v) is 6.04. The van der Waals surface area contributed by atoms with E-state index in [2.05, 4.69) is 5.10 Å². The molecule has 1 aliphatic carbocycles. The van der Waals surface area contributed by atoms with Crippen LogP contribution < -0.4 is 0 Å². The van der Waals surface area contributed by atoms with E-state index >= 15 is 0 Å². The Kier molecular flexibility index (Phi) is 4.80. The topological polar surface area (TPSA) is 52.0 Å². The number of para-hydroxylation sites is 1. The van der Waals surface area contributed by atoms with E-state index in [0.29, 0.717) is 11.4 Å². The molecule has 0 bridgehead atoms. The molecular weight excluding hydrogens is 315 g/mol. The second-order valence-corrected chi connectivity index (χ2v) is 8.37. The quantitative estimate of drug-likeness (QED) is 0.839. The van der Waals surface area contributed by atoms with Crippen LogP contribution in [-0.2, 0) is 15.6 Å². The fraction of sp³-hybridized carbons (Fsp3) is 0.471. The molecule has 1 fully saturated rings. The molecule has 1 aromatic carbocycles. The Hall–Kier alpha value is -1.69. The first kappa shape index (κ1) is 16.2. The first-order valence-electron chi connectivity index (χ1n) is 8.03. The molecule has 0 unspecified atom stereocenters. The van der Waals surface area contributed by atoms with E-state index < -0.39 is 9.84 Å². The first-order chi connectivity index (χ1) is 11.0. The zero-order valence-corrected chi connectivity index (χ0v) is 13.8. The summed E-state index contributed by atoms with van der Waals surface area (Å²) in [5.41, 5.74) is 0.785. The Morgan fingerprint density at radius 1 is 1.13 bits per heavy atom. The van der Waals surface area contributed by atoms with E-state index in [9.17, 15) is 12.8 Å². The lowest BCUT2D eigenvalue weighted by atomic mass is 9.91. The SMILES string of the molecule is O=S(=O)(Cc1ccn(-c2ccccc2F)n1)CC1CCCCC1. The van der Waals surface area contributed by atoms with Gasteiger partial charge in [0.25, 0.3) is 0 Å². The van der Waals surface area contributed by atoms with E-state index in [1.807, 2.05) is 0 Å². The van der Waals surface area contributed by atoms with Crippen LogP contribution in [0.25, 0.3) is 5.69 Å². The fourth-order valence-electron chi connectivity index (χ4n) is 3.21. The van der Waals surface area contributed by atoms with Gasteiger partial charge in [0.1, 0.15) is 11.5 Å². The van der Waals surface area contributed by atoms with Crippen LogP contribution in [0.5, 0.6) is 0 Å². The summed E-state index contributed by atoms with van der Waals surface area (Å²) >= 11 is 0. The van der Waals surface area contributed by atoms with Gasteiger partial charge in [-0.05, 0) is 37.0 Å². The minimum absolute atomic E-state index is 0.0784. The maximum absolute atomic E-state index is 13.8. The van der Waals surface area contributed by atoms with Crippen LogP contribution in [0.2, 0.25) is 0 Å². The second kappa shape index (κ2) is 6.83. The predicted molar refractivity (Wildman–Crippen MR) is 87.6 cm³/mol. The number of benzene rings is 1. The van der Waals surface area contributed by atoms with Crippen molar-refractivity contribution in [3.63, 3.8) is 0 Å². The standard InChI is InChI=1S/C17H21FN2O2S/c18-16-8-4-5-9-17(16)20-11-10-15(19-20)13-23(21,22)12-14-6-2-1-3-7-14/h4-5,8-11,14H,1-3,6-7,12-13H2. The van der Waals surface area contributed by atoms with E-state index in [4.69, 9.17) is 0 Å². The number of halogens is 1. The molecule has 0 amide bonds. The highest BCUT2D eigenvalue weighted by atomic mass is 32.2. The van der Waals surface area contributed by atoms with Crippen LogP contribution in [-0.4, -0.2) is 24.0 Å². The number of rotatable bonds is 5. The highest BCUT2D eigenvalue weighted by molar-refractivity contribution is 7.90. The summed E-state index contributed by atoms with van der Waals surface area (Å²) < 4.78 is 39.9. The molecule has 0 radical (unpaired) electrons. The molecule has 124 valence electrons. The number of hydrogen-bond donors (Lipinski definition) is 0. The van der Waals surface area contributed by atoms with Gasteiger partial charge >= 0.3 is 0 Å². The second-order valence-electron chi connectivity index (χ2n) is 6.26. The molecule has 1 saturated carbocycles. The van der Waals surface area contributed by atoms with E-state index in [0.717, 1.165) is 25.7 Å². The van der Waals surface area contributed by atoms with Gasteiger partial charge in [0.05, 0.1) is 17.2 Å². The Morgan fingerprint density at radius 2 is 1.87 bits per heavy atom. The smallest absolute Gasteiger partial charge is 0.156 e. The normalized spacial score (nSPS) is 16.6. The van der Waals surface area contributed by atoms with Gasteiger partial charge in [0.15, 0.2) is 9.84 Å². The monoisotopic (exact) mass is 336 g/mol. The Bertz CT molecular complexity index is 764. The van der Waals surface area contributed by atoms with Gasteiger partial charge in [-0.3, -0.25) is 0 Å². The average Bonchev–Trinajstić information content (AvgIpc) is 2.95. The lowest BCUT2D eigenvalue weighted by molar-refractivity contribution is 0.385. The number of nitrogens with zero attached hydrogens (tertiary/aromatic N) is 2. The molecule has 4 nitrogen and oxygen atoms in total. The number of aromatic nitrogens is 2. The van der Waals surface area contributed by atoms with Crippen LogP contribution in [0.1, 0.15) is 37.8 Å². The highest BCUT2D eigenvalue weighted by Crippen LogP contribution is 2.25. The number of sulfone groups is 1. The fourth-order valence-corrected chi connectivity index (χ4v) is 4.98. The summed E-state index contributed by atoms with van der Waals surface area (Å²) in [6, 6.07) is 7.95. The third kappa shape index (κ3) is 4.19. The molecule has 6 heteroatoms. The Labute approximate surface area is 136 Å². The molecule has 23 heavy (non-hydrogen) atoms. The Morgan fingerprint density at radius 3 is 2.61 bits per heavy atom. The molecule has 1 aliphatic rings. The first-order valence-corrected chi connectivity index (χ1v) is 9.85. The molecule has 1 heterocycles. The molecule has 1 aromatic heterocycles. The molecule has 0 spiro atoms. The van der Waals surface area contributed by atoms with Crippen LogP contribution in [0.4, 0.5) is 4.39 Å². The van der Waals surface area contributed by atoms with Crippen LogP contribution in [0.15, 0.2) is 36.5 Å². The molecule has 0 saturated heterocycles. The lowest BCUT2D eigenvalue weighted by Crippen LogP contribution is -2.20. The Balaban J connectivity index is 1.69. The van der Waals surface area contributed by atoms with Crippen molar-refractivity contribution in [2.75, 3.05) is 5.75 Å². The van der Waals surface area contributed by atoms with Crippen molar-refractivity contribution in [3.8, 4) is 5.69 Å². The zero-order chi connectivity index (χ0) is 16.3. The van der Waals surface area contributed by atoms with Crippen LogP contribution in [0.3, 0.4) is 0 Å². The maximum atomic E-state index is 13.8. The van der Waals surface area contributed by atoms with Gasteiger partial charge in [-0.25, -0.2) is 17.5 Å². The van der Waals surface area contributed by atoms with Gasteiger partial charge in [0, 0.05) is 6.20 Å². The largest absolute Gasteiger partial charge is 0.238 e. The molecule has 0 atom stereocenters. The summed E-state index contributed by atoms with van der Waals surface area (Å²) in [4.78, 5) is 0. The molecule has 3 rings (SSSR count). The van der Waals surface area contributed by atoms with E-state index in [-0.39, 0.29) is 23.2 Å². The third-order valence-electron chi connectivity index (χ3n) is 4.33. The van der Waals surface area contributed by atoms with Crippen molar-refractivity contribution in [1.29, 1.82) is 0 Å². The van der Waals surface area contributed by atoms with E-state index in [1.165, 1.54) is 17.2 Å². The summed E-state index contributed by atoms with van der Waals surface area (Å²) in [7, 11) is -3.18. The van der Waals surface area contributed by atoms with Gasteiger partial charge in [-0.1, -0.05) is 31.4 Å². The summed E-state index contributed by atoms with van der Waals surface area (Å²) in [5.74, 6) is 0.0550. The minimum atomic E-state index is -3.18. The molecule has 0 N–H and O–H groups in total. The van der Waals surface area contributed by atoms with Crippen molar-refractivity contribution in [2.24, 2.45) is 5.92 Å². The van der Waals surface area contributed by atoms with Gasteiger partial charge in [0.2, 0.25) is 0 Å². The molecule has 2 aromatic rings. The maximum Gasteiger partial charge on any atom is 0.156 e. The average molecular weight is 336 g/mol. The summed E-state index contributed by atoms with van der Waals surface area (Å²) in [6.07, 6.45) is 7.07. The van der Waals surface area contributed by atoms with Gasteiger partial charge in [-0.15, -0.1) is 0 Å². The van der Waals surface area contributed by atoms with Crippen molar-refractivity contribution in [1.82, 2.24) is 9.78 Å². The van der Waals surface area contributed by atoms with Crippen molar-refractivity contribution in [3.05, 3.63) is 48.0 Å². The molecular formula is C17H21FN2O2S. The summed E-state index contributed by atoms with van der Waals surface area (Å²) in [5, 5.41) is 4.22. The van der Waals surface area contributed by atoms with Crippen molar-refractivity contribution >= 4 is 9.84 Å². The van der Waals surface area contributed by atoms with Crippen molar-refractivity contribution in [2.45, 2.75) is 37.9 Å². The summed E-state index contributed by atoms with van der Waals surface area (Å²) in [6.45, 7) is 0. The predicted octanol–water partition coefficient (Wildman–Crippen LogP) is 3.51. The highest BCUT2D eigenvalue weighted by Gasteiger charge is 2.22. The lowest BCUT2D eigenvalue weighted by Gasteiger charge is -2.20. The van der Waals surface area contributed by atoms with Gasteiger partial charge in [-0.2, -0.15) is 5.10 Å². The van der Waals surface area contributed by atoms with Crippen molar-refractivity contribution < 1.29 is 12.8 Å². The zero-order valence-electron chi connectivity index (χ0n) is 13.0.